The number of carbonyl (C=O) groups excluding carboxylic acids is 1. The summed E-state index contributed by atoms with van der Waals surface area (Å²) in [4.78, 5) is 20.8. The van der Waals surface area contributed by atoms with E-state index in [2.05, 4.69) is 20.3 Å². The second kappa shape index (κ2) is 10.5. The van der Waals surface area contributed by atoms with Crippen LogP contribution in [0.15, 0.2) is 65.6 Å². The summed E-state index contributed by atoms with van der Waals surface area (Å²) in [5.41, 5.74) is 3.95. The summed E-state index contributed by atoms with van der Waals surface area (Å²) >= 11 is 0. The number of carbonyl (C=O) groups is 1. The van der Waals surface area contributed by atoms with Crippen LogP contribution in [-0.2, 0) is 16.4 Å². The molecule has 2 atom stereocenters. The minimum atomic E-state index is -3.95. The average Bonchev–Trinajstić information content (AvgIpc) is 3.99. The van der Waals surface area contributed by atoms with E-state index in [1.165, 1.54) is 27.4 Å². The molecule has 3 fully saturated rings. The Bertz CT molecular complexity index is 1920. The highest BCUT2D eigenvalue weighted by molar-refractivity contribution is 7.89. The molecule has 4 aliphatic rings. The third-order valence-electron chi connectivity index (χ3n) is 9.86. The summed E-state index contributed by atoms with van der Waals surface area (Å²) in [5.74, 6) is 0.0889. The van der Waals surface area contributed by atoms with E-state index < -0.39 is 21.5 Å². The summed E-state index contributed by atoms with van der Waals surface area (Å²) in [6.07, 6.45) is 12.9. The van der Waals surface area contributed by atoms with Crippen molar-refractivity contribution in [3.8, 4) is 5.69 Å². The molecule has 0 bridgehead atoms. The minimum absolute atomic E-state index is 0.0539. The Morgan fingerprint density at radius 3 is 2.51 bits per heavy atom. The number of Topliss-reactive ketones (excluding diaryl/α,β-unsaturated/α-hetero) is 1. The van der Waals surface area contributed by atoms with Crippen LogP contribution in [0.2, 0.25) is 0 Å². The van der Waals surface area contributed by atoms with Crippen molar-refractivity contribution >= 4 is 21.9 Å². The zero-order valence-corrected chi connectivity index (χ0v) is 25.8. The molecule has 8 rings (SSSR count). The molecule has 4 aromatic rings. The first-order valence-electron chi connectivity index (χ1n) is 15.7. The molecular weight excluding hydrogens is 593 g/mol. The highest BCUT2D eigenvalue weighted by Crippen LogP contribution is 2.51. The zero-order chi connectivity index (χ0) is 30.9. The summed E-state index contributed by atoms with van der Waals surface area (Å²) in [6.45, 7) is 2.07. The van der Waals surface area contributed by atoms with Crippen LogP contribution in [0.5, 0.6) is 0 Å². The van der Waals surface area contributed by atoms with Gasteiger partial charge in [0.2, 0.25) is 5.03 Å². The van der Waals surface area contributed by atoms with Crippen molar-refractivity contribution in [3.05, 3.63) is 88.9 Å². The first kappa shape index (κ1) is 28.4. The van der Waals surface area contributed by atoms with Gasteiger partial charge < -0.3 is 0 Å². The van der Waals surface area contributed by atoms with Gasteiger partial charge in [-0.25, -0.2) is 17.5 Å². The van der Waals surface area contributed by atoms with Crippen LogP contribution in [0, 0.1) is 11.2 Å². The van der Waals surface area contributed by atoms with Gasteiger partial charge in [0.25, 0.3) is 10.0 Å². The fourth-order valence-electron chi connectivity index (χ4n) is 7.17. The highest BCUT2D eigenvalue weighted by atomic mass is 32.2. The summed E-state index contributed by atoms with van der Waals surface area (Å²) in [6, 6.07) is 9.74. The third-order valence-corrected chi connectivity index (χ3v) is 11.8. The van der Waals surface area contributed by atoms with Gasteiger partial charge >= 0.3 is 0 Å². The topological polar surface area (TPSA) is 116 Å². The summed E-state index contributed by atoms with van der Waals surface area (Å²) < 4.78 is 44.9. The Kier molecular flexibility index (Phi) is 6.65. The summed E-state index contributed by atoms with van der Waals surface area (Å²) in [7, 11) is -3.95. The van der Waals surface area contributed by atoms with Crippen molar-refractivity contribution in [1.82, 2.24) is 34.1 Å². The molecule has 0 saturated heterocycles. The monoisotopic (exact) mass is 627 g/mol. The van der Waals surface area contributed by atoms with Crippen molar-refractivity contribution in [1.29, 1.82) is 0 Å². The van der Waals surface area contributed by atoms with E-state index >= 15 is 0 Å². The Morgan fingerprint density at radius 1 is 1.02 bits per heavy atom. The van der Waals surface area contributed by atoms with Crippen molar-refractivity contribution in [2.45, 2.75) is 81.3 Å². The quantitative estimate of drug-likeness (QED) is 0.232. The molecule has 45 heavy (non-hydrogen) atoms. The maximum atomic E-state index is 14.7. The maximum Gasteiger partial charge on any atom is 0.264 e. The molecule has 4 aliphatic carbocycles. The van der Waals surface area contributed by atoms with Gasteiger partial charge in [-0.05, 0) is 105 Å². The van der Waals surface area contributed by atoms with Gasteiger partial charge in [0.1, 0.15) is 11.5 Å². The number of pyridine rings is 1. The van der Waals surface area contributed by atoms with E-state index in [9.17, 15) is 17.6 Å². The second-order valence-corrected chi connectivity index (χ2v) is 14.6. The smallest absolute Gasteiger partial charge is 0.264 e. The van der Waals surface area contributed by atoms with Crippen molar-refractivity contribution in [2.75, 3.05) is 6.54 Å². The molecule has 1 aromatic carbocycles. The SMILES string of the molecule is CCN([C@H]1CCC2=Cc3c(cnn3-c3ccc(F)cc3)C[C@]2(C(=O)c2ccc(C3CC3)cn2)C1)S(=O)(=O)c1cnn(C2CC2)n1. The standard InChI is InChI=1S/C33H34FN7O3S/c1-2-39(45(43,44)31-20-37-41(38-31)27-12-13-27)28-9-6-24-15-30-23(19-36-40(30)26-10-7-25(34)8-11-26)16-33(24,17-28)32(42)29-14-5-22(18-35-29)21-3-4-21/h5,7-8,10-11,14-15,18-21,27-28H,2-4,6,9,12-13,16-17H2,1H3/t28-,33-/m0/s1. The lowest BCUT2D eigenvalue weighted by atomic mass is 9.60. The molecule has 3 heterocycles. The minimum Gasteiger partial charge on any atom is -0.291 e. The number of aromatic nitrogens is 6. The Balaban J connectivity index is 1.18. The maximum absolute atomic E-state index is 14.7. The number of ketones is 1. The molecule has 0 amide bonds. The lowest BCUT2D eigenvalue weighted by molar-refractivity contribution is 0.0739. The highest BCUT2D eigenvalue weighted by Gasteiger charge is 2.52. The first-order valence-corrected chi connectivity index (χ1v) is 17.2. The number of allylic oxidation sites excluding steroid dienone is 1. The normalized spacial score (nSPS) is 23.0. The molecule has 3 saturated carbocycles. The van der Waals surface area contributed by atoms with E-state index in [0.717, 1.165) is 53.8 Å². The molecule has 3 aromatic heterocycles. The number of hydrogen-bond acceptors (Lipinski definition) is 7. The zero-order valence-electron chi connectivity index (χ0n) is 25.0. The van der Waals surface area contributed by atoms with Crippen LogP contribution >= 0.6 is 0 Å². The van der Waals surface area contributed by atoms with Gasteiger partial charge in [0, 0.05) is 18.8 Å². The lowest BCUT2D eigenvalue weighted by Gasteiger charge is -2.46. The Hall–Kier alpha value is -4.03. The van der Waals surface area contributed by atoms with Crippen LogP contribution in [0.1, 0.15) is 91.1 Å². The van der Waals surface area contributed by atoms with Gasteiger partial charge in [-0.2, -0.15) is 19.3 Å². The second-order valence-electron chi connectivity index (χ2n) is 12.8. The third kappa shape index (κ3) is 4.85. The molecular formula is C33H34FN7O3S. The van der Waals surface area contributed by atoms with Crippen LogP contribution in [0.25, 0.3) is 11.8 Å². The van der Waals surface area contributed by atoms with Crippen LogP contribution in [0.3, 0.4) is 0 Å². The Labute approximate surface area is 261 Å². The average molecular weight is 628 g/mol. The molecule has 0 spiro atoms. The van der Waals surface area contributed by atoms with Gasteiger partial charge in [-0.1, -0.05) is 18.6 Å². The predicted octanol–water partition coefficient (Wildman–Crippen LogP) is 5.28. The van der Waals surface area contributed by atoms with Gasteiger partial charge in [-0.15, -0.1) is 5.10 Å². The molecule has 0 unspecified atom stereocenters. The summed E-state index contributed by atoms with van der Waals surface area (Å²) in [5, 5.41) is 13.1. The molecule has 0 N–H and O–H groups in total. The first-order chi connectivity index (χ1) is 21.8. The van der Waals surface area contributed by atoms with E-state index in [0.29, 0.717) is 37.3 Å². The van der Waals surface area contributed by atoms with E-state index in [-0.39, 0.29) is 29.2 Å². The Morgan fingerprint density at radius 2 is 1.82 bits per heavy atom. The number of halogens is 1. The van der Waals surface area contributed by atoms with Crippen molar-refractivity contribution < 1.29 is 17.6 Å². The van der Waals surface area contributed by atoms with Crippen LogP contribution in [0.4, 0.5) is 4.39 Å². The molecule has 0 aliphatic heterocycles. The predicted molar refractivity (Wildman–Crippen MR) is 164 cm³/mol. The largest absolute Gasteiger partial charge is 0.291 e. The molecule has 10 nitrogen and oxygen atoms in total. The van der Waals surface area contributed by atoms with Gasteiger partial charge in [-0.3, -0.25) is 9.78 Å². The fraction of sp³-hybridized carbons (Fsp3) is 0.424. The molecule has 12 heteroatoms. The number of rotatable bonds is 9. The van der Waals surface area contributed by atoms with Gasteiger partial charge in [0.15, 0.2) is 5.78 Å². The van der Waals surface area contributed by atoms with E-state index in [4.69, 9.17) is 0 Å². The van der Waals surface area contributed by atoms with Gasteiger partial charge in [0.05, 0.1) is 35.2 Å². The van der Waals surface area contributed by atoms with Crippen molar-refractivity contribution in [3.63, 3.8) is 0 Å². The number of nitrogens with zero attached hydrogens (tertiary/aromatic N) is 7. The van der Waals surface area contributed by atoms with E-state index in [1.54, 1.807) is 23.0 Å². The van der Waals surface area contributed by atoms with Crippen molar-refractivity contribution in [2.24, 2.45) is 5.41 Å². The van der Waals surface area contributed by atoms with Crippen LogP contribution in [-0.4, -0.2) is 60.9 Å². The fourth-order valence-corrected chi connectivity index (χ4v) is 8.69. The number of fused-ring (bicyclic) bond motifs is 2. The lowest BCUT2D eigenvalue weighted by Crippen LogP contribution is -2.50. The number of benzene rings is 1. The molecule has 0 radical (unpaired) electrons. The van der Waals surface area contributed by atoms with E-state index in [1.807, 2.05) is 31.3 Å². The molecule has 232 valence electrons. The number of hydrogen-bond donors (Lipinski definition) is 0. The number of sulfonamides is 1. The van der Waals surface area contributed by atoms with Crippen LogP contribution < -0.4 is 0 Å².